The Kier molecular flexibility index (Phi) is 10.8. The predicted molar refractivity (Wildman–Crippen MR) is 218 cm³/mol. The molecule has 3 N–H and O–H groups in total. The van der Waals surface area contributed by atoms with Crippen LogP contribution in [-0.2, 0) is 14.4 Å². The Balaban J connectivity index is 0.714. The van der Waals surface area contributed by atoms with Crippen LogP contribution in [0.1, 0.15) is 75.7 Å². The number of imide groups is 1. The quantitative estimate of drug-likeness (QED) is 0.253. The third kappa shape index (κ3) is 7.93. The van der Waals surface area contributed by atoms with Crippen molar-refractivity contribution in [1.29, 1.82) is 0 Å². The maximum Gasteiger partial charge on any atom is 0.234 e. The lowest BCUT2D eigenvalue weighted by molar-refractivity contribution is -0.134. The molecule has 4 saturated heterocycles. The molecule has 2 amide bonds. The van der Waals surface area contributed by atoms with Crippen molar-refractivity contribution in [2.75, 3.05) is 74.0 Å². The summed E-state index contributed by atoms with van der Waals surface area (Å²) in [7, 11) is 0. The van der Waals surface area contributed by atoms with E-state index in [2.05, 4.69) is 70.8 Å². The van der Waals surface area contributed by atoms with E-state index in [1.807, 2.05) is 24.5 Å². The number of piperidine rings is 3. The molecule has 7 heterocycles. The Bertz CT molecular complexity index is 1840. The summed E-state index contributed by atoms with van der Waals surface area (Å²) in [5.41, 5.74) is 5.14. The smallest absolute Gasteiger partial charge is 0.234 e. The van der Waals surface area contributed by atoms with Gasteiger partial charge in [0.1, 0.15) is 5.82 Å². The van der Waals surface area contributed by atoms with Gasteiger partial charge in [-0.05, 0) is 93.3 Å². The summed E-state index contributed by atoms with van der Waals surface area (Å²) >= 11 is 0. The van der Waals surface area contributed by atoms with Crippen LogP contribution in [-0.4, -0.2) is 121 Å². The van der Waals surface area contributed by atoms with Crippen molar-refractivity contribution < 1.29 is 14.4 Å². The zero-order valence-electron chi connectivity index (χ0n) is 32.5. The van der Waals surface area contributed by atoms with Gasteiger partial charge >= 0.3 is 0 Å². The van der Waals surface area contributed by atoms with Crippen LogP contribution < -0.4 is 25.8 Å². The minimum Gasteiger partial charge on any atom is -0.372 e. The summed E-state index contributed by atoms with van der Waals surface area (Å²) in [6.07, 6.45) is 17.3. The number of nitrogens with one attached hydrogen (secondary N) is 3. The highest BCUT2D eigenvalue weighted by Crippen LogP contribution is 2.36. The van der Waals surface area contributed by atoms with Crippen LogP contribution in [0.4, 0.5) is 17.2 Å². The van der Waals surface area contributed by atoms with Crippen LogP contribution in [0.2, 0.25) is 0 Å². The Morgan fingerprint density at radius 3 is 2.29 bits per heavy atom. The van der Waals surface area contributed by atoms with Crippen molar-refractivity contribution in [3.63, 3.8) is 0 Å². The van der Waals surface area contributed by atoms with Crippen LogP contribution >= 0.6 is 0 Å². The third-order valence-corrected chi connectivity index (χ3v) is 13.3. The lowest BCUT2D eigenvalue weighted by Gasteiger charge is -2.45. The largest absolute Gasteiger partial charge is 0.372 e. The number of carbonyl (C=O) groups excluding carboxylic acids is 3. The van der Waals surface area contributed by atoms with E-state index < -0.39 is 0 Å². The maximum absolute atomic E-state index is 12.3. The van der Waals surface area contributed by atoms with Crippen molar-refractivity contribution in [2.45, 2.75) is 88.4 Å². The molecule has 3 atom stereocenters. The lowest BCUT2D eigenvalue weighted by atomic mass is 9.90. The fourth-order valence-corrected chi connectivity index (χ4v) is 10.2. The Morgan fingerprint density at radius 2 is 1.55 bits per heavy atom. The summed E-state index contributed by atoms with van der Waals surface area (Å²) in [5, 5.41) is 9.12. The zero-order chi connectivity index (χ0) is 38.0. The second-order valence-corrected chi connectivity index (χ2v) is 16.8. The van der Waals surface area contributed by atoms with Gasteiger partial charge in [0.15, 0.2) is 12.5 Å². The van der Waals surface area contributed by atoms with Gasteiger partial charge in [0.05, 0.1) is 23.5 Å². The van der Waals surface area contributed by atoms with Gasteiger partial charge in [-0.15, -0.1) is 0 Å². The Labute approximate surface area is 330 Å². The number of allylic oxidation sites excluding steroid dienone is 1. The van der Waals surface area contributed by atoms with Crippen molar-refractivity contribution in [2.24, 2.45) is 10.9 Å². The first kappa shape index (κ1) is 36.9. The number of hydrogen-bond acceptors (Lipinski definition) is 12. The zero-order valence-corrected chi connectivity index (χ0v) is 32.5. The Morgan fingerprint density at radius 1 is 0.804 bits per heavy atom. The number of pyridine rings is 1. The second kappa shape index (κ2) is 16.4. The maximum atomic E-state index is 12.3. The monoisotopic (exact) mass is 760 g/mol. The van der Waals surface area contributed by atoms with Crippen molar-refractivity contribution in [3.05, 3.63) is 71.7 Å². The van der Waals surface area contributed by atoms with Gasteiger partial charge in [0.25, 0.3) is 0 Å². The number of aliphatic imine (C=N–C) groups is 1. The van der Waals surface area contributed by atoms with Crippen molar-refractivity contribution in [3.8, 4) is 0 Å². The lowest BCUT2D eigenvalue weighted by Crippen LogP contribution is -2.55. The average Bonchev–Trinajstić information content (AvgIpc) is 3.90. The summed E-state index contributed by atoms with van der Waals surface area (Å²) in [6, 6.07) is 13.6. The number of hydrogen-bond donors (Lipinski definition) is 3. The van der Waals surface area contributed by atoms with Gasteiger partial charge in [-0.3, -0.25) is 24.6 Å². The first-order chi connectivity index (χ1) is 27.5. The number of aromatic nitrogens is 1. The second-order valence-electron chi connectivity index (χ2n) is 16.8. The van der Waals surface area contributed by atoms with Gasteiger partial charge in [0.2, 0.25) is 17.8 Å². The SMILES string of the molecule is O=CC1=CC2=CNC(Nc3ccc(N4CCN(C5CCCN(CC6CCN(c7ccc(C8CCC(=O)NC8=O)cc7)CC6)C5)CC4)cn3)=NC2N1C1CCCC1. The topological polar surface area (TPSA) is 129 Å². The molecule has 5 fully saturated rings. The molecule has 13 nitrogen and oxygen atoms in total. The highest BCUT2D eigenvalue weighted by Gasteiger charge is 2.38. The average molecular weight is 761 g/mol. The predicted octanol–water partition coefficient (Wildman–Crippen LogP) is 4.03. The molecule has 9 rings (SSSR count). The summed E-state index contributed by atoms with van der Waals surface area (Å²) < 4.78 is 0. The highest BCUT2D eigenvalue weighted by atomic mass is 16.2. The number of rotatable bonds is 9. The molecular weight excluding hydrogens is 705 g/mol. The van der Waals surface area contributed by atoms with Gasteiger partial charge < -0.3 is 30.2 Å². The summed E-state index contributed by atoms with van der Waals surface area (Å²) in [6.45, 7) is 9.87. The molecule has 296 valence electrons. The molecule has 2 aromatic rings. The molecule has 1 aromatic heterocycles. The number of carbonyl (C=O) groups is 3. The minimum atomic E-state index is -0.227. The molecule has 0 spiro atoms. The number of fused-ring (bicyclic) bond motifs is 1. The minimum absolute atomic E-state index is 0.166. The van der Waals surface area contributed by atoms with Crippen LogP contribution in [0, 0.1) is 5.92 Å². The van der Waals surface area contributed by atoms with E-state index in [4.69, 9.17) is 9.98 Å². The number of piperazine rings is 1. The van der Waals surface area contributed by atoms with Crippen molar-refractivity contribution >= 4 is 41.3 Å². The van der Waals surface area contributed by atoms with E-state index >= 15 is 0 Å². The molecular formula is C43H56N10O3. The number of nitrogens with zero attached hydrogens (tertiary/aromatic N) is 7. The number of anilines is 3. The number of aldehydes is 1. The highest BCUT2D eigenvalue weighted by molar-refractivity contribution is 6.01. The number of amides is 2. The molecule has 0 bridgehead atoms. The molecule has 13 heteroatoms. The van der Waals surface area contributed by atoms with Gasteiger partial charge in [-0.2, -0.15) is 0 Å². The molecule has 1 aromatic carbocycles. The van der Waals surface area contributed by atoms with Crippen LogP contribution in [0.15, 0.2) is 71.1 Å². The van der Waals surface area contributed by atoms with Gasteiger partial charge in [-0.25, -0.2) is 9.98 Å². The molecule has 56 heavy (non-hydrogen) atoms. The van der Waals surface area contributed by atoms with E-state index in [9.17, 15) is 14.4 Å². The summed E-state index contributed by atoms with van der Waals surface area (Å²) in [5.74, 6) is 1.56. The van der Waals surface area contributed by atoms with Crippen molar-refractivity contribution in [1.82, 2.24) is 30.3 Å². The standard InChI is InChI=1S/C43H56N10O3/c54-29-37-24-32-25-45-43(48-41(32)53(37)34-4-1-2-5-34)46-39-13-11-35(26-44-39)51-20-22-52(23-21-51)36-6-3-17-49(28-36)27-30-15-18-50(19-16-30)33-9-7-31(8-10-33)38-12-14-40(55)47-42(38)56/h7-11,13,24-26,29-30,34,36,38,41H,1-6,12,14-23,27-28H2,(H,47,55,56)(H2,44,45,46,48). The molecule has 3 unspecified atom stereocenters. The molecule has 0 radical (unpaired) electrons. The van der Waals surface area contributed by atoms with Gasteiger partial charge in [0, 0.05) is 88.3 Å². The van der Waals surface area contributed by atoms with Crippen LogP contribution in [0.25, 0.3) is 0 Å². The molecule has 7 aliphatic rings. The number of likely N-dealkylation sites (tertiary alicyclic amines) is 1. The van der Waals surface area contributed by atoms with Crippen LogP contribution in [0.5, 0.6) is 0 Å². The first-order valence-electron chi connectivity index (χ1n) is 21.1. The fraction of sp³-hybridized carbons (Fsp3) is 0.558. The van der Waals surface area contributed by atoms with E-state index in [-0.39, 0.29) is 23.9 Å². The van der Waals surface area contributed by atoms with Gasteiger partial charge in [-0.1, -0.05) is 25.0 Å². The van der Waals surface area contributed by atoms with E-state index in [1.54, 1.807) is 0 Å². The van der Waals surface area contributed by atoms with Crippen LogP contribution in [0.3, 0.4) is 0 Å². The Hall–Kier alpha value is -4.75. The third-order valence-electron chi connectivity index (χ3n) is 13.3. The molecule has 1 aliphatic carbocycles. The van der Waals surface area contributed by atoms with E-state index in [1.165, 1.54) is 63.8 Å². The molecule has 1 saturated carbocycles. The summed E-state index contributed by atoms with van der Waals surface area (Å²) in [4.78, 5) is 58.1. The normalized spacial score (nSPS) is 27.0. The number of guanidine groups is 1. The first-order valence-corrected chi connectivity index (χ1v) is 21.1. The number of benzene rings is 1. The molecule has 6 aliphatic heterocycles. The van der Waals surface area contributed by atoms with E-state index in [0.717, 1.165) is 92.7 Å². The van der Waals surface area contributed by atoms with E-state index in [0.29, 0.717) is 30.9 Å². The fourth-order valence-electron chi connectivity index (χ4n) is 10.2.